The second-order valence-electron chi connectivity index (χ2n) is 3.84. The summed E-state index contributed by atoms with van der Waals surface area (Å²) < 4.78 is 0. The van der Waals surface area contributed by atoms with Crippen LogP contribution < -0.4 is 0 Å². The molecule has 2 heteroatoms. The molecule has 0 saturated heterocycles. The summed E-state index contributed by atoms with van der Waals surface area (Å²) in [5.41, 5.74) is 1.19. The van der Waals surface area contributed by atoms with Crippen LogP contribution in [0.15, 0.2) is 30.3 Å². The SMILES string of the molecule is CCCCC(=O)N(C)Cc1ccccc1. The molecule has 0 fully saturated rings. The fourth-order valence-corrected chi connectivity index (χ4v) is 1.46. The molecule has 0 aliphatic rings. The van der Waals surface area contributed by atoms with E-state index in [1.54, 1.807) is 4.90 Å². The van der Waals surface area contributed by atoms with Gasteiger partial charge in [0.25, 0.3) is 0 Å². The minimum Gasteiger partial charge on any atom is -0.341 e. The van der Waals surface area contributed by atoms with Gasteiger partial charge in [0.05, 0.1) is 0 Å². The van der Waals surface area contributed by atoms with Gasteiger partial charge in [0, 0.05) is 20.0 Å². The van der Waals surface area contributed by atoms with E-state index in [-0.39, 0.29) is 5.91 Å². The second kappa shape index (κ2) is 6.23. The number of carbonyl (C=O) groups is 1. The Morgan fingerprint density at radius 2 is 1.93 bits per heavy atom. The molecule has 0 radical (unpaired) electrons. The number of carbonyl (C=O) groups excluding carboxylic acids is 1. The van der Waals surface area contributed by atoms with Crippen molar-refractivity contribution in [3.05, 3.63) is 35.9 Å². The van der Waals surface area contributed by atoms with Gasteiger partial charge in [-0.05, 0) is 12.0 Å². The third kappa shape index (κ3) is 4.15. The van der Waals surface area contributed by atoms with Gasteiger partial charge in [-0.25, -0.2) is 0 Å². The predicted octanol–water partition coefficient (Wildman–Crippen LogP) is 2.84. The molecule has 0 aliphatic carbocycles. The van der Waals surface area contributed by atoms with Gasteiger partial charge in [-0.15, -0.1) is 0 Å². The molecular weight excluding hydrogens is 186 g/mol. The highest BCUT2D eigenvalue weighted by Gasteiger charge is 2.07. The zero-order valence-electron chi connectivity index (χ0n) is 9.57. The zero-order valence-corrected chi connectivity index (χ0v) is 9.57. The molecule has 0 N–H and O–H groups in total. The van der Waals surface area contributed by atoms with Crippen LogP contribution in [0.4, 0.5) is 0 Å². The molecule has 2 nitrogen and oxygen atoms in total. The van der Waals surface area contributed by atoms with E-state index in [2.05, 4.69) is 6.92 Å². The van der Waals surface area contributed by atoms with Gasteiger partial charge in [0.2, 0.25) is 5.91 Å². The van der Waals surface area contributed by atoms with Gasteiger partial charge in [-0.3, -0.25) is 4.79 Å². The van der Waals surface area contributed by atoms with Crippen molar-refractivity contribution < 1.29 is 4.79 Å². The first-order chi connectivity index (χ1) is 7.24. The molecule has 0 spiro atoms. The number of benzene rings is 1. The first kappa shape index (κ1) is 11.8. The number of unbranched alkanes of at least 4 members (excludes halogenated alkanes) is 1. The summed E-state index contributed by atoms with van der Waals surface area (Å²) in [5.74, 6) is 0.237. The Morgan fingerprint density at radius 3 is 2.53 bits per heavy atom. The van der Waals surface area contributed by atoms with Crippen molar-refractivity contribution in [2.75, 3.05) is 7.05 Å². The van der Waals surface area contributed by atoms with E-state index in [1.165, 1.54) is 5.56 Å². The van der Waals surface area contributed by atoms with Crippen molar-refractivity contribution in [3.8, 4) is 0 Å². The van der Waals surface area contributed by atoms with Crippen molar-refractivity contribution in [2.24, 2.45) is 0 Å². The third-order valence-electron chi connectivity index (χ3n) is 2.43. The van der Waals surface area contributed by atoms with E-state index in [0.717, 1.165) is 12.8 Å². The van der Waals surface area contributed by atoms with Crippen molar-refractivity contribution in [1.29, 1.82) is 0 Å². The minimum absolute atomic E-state index is 0.237. The molecule has 1 aromatic carbocycles. The molecule has 0 atom stereocenters. The Labute approximate surface area is 91.9 Å². The number of rotatable bonds is 5. The lowest BCUT2D eigenvalue weighted by molar-refractivity contribution is -0.130. The van der Waals surface area contributed by atoms with Crippen LogP contribution in [-0.4, -0.2) is 17.9 Å². The van der Waals surface area contributed by atoms with Crippen LogP contribution in [0.2, 0.25) is 0 Å². The molecule has 1 aromatic rings. The molecule has 0 unspecified atom stereocenters. The smallest absolute Gasteiger partial charge is 0.222 e. The van der Waals surface area contributed by atoms with Crippen LogP contribution in [0.5, 0.6) is 0 Å². The van der Waals surface area contributed by atoms with E-state index < -0.39 is 0 Å². The average Bonchev–Trinajstić information content (AvgIpc) is 2.27. The fraction of sp³-hybridized carbons (Fsp3) is 0.462. The number of amides is 1. The molecule has 82 valence electrons. The van der Waals surface area contributed by atoms with Gasteiger partial charge in [-0.1, -0.05) is 43.7 Å². The second-order valence-corrected chi connectivity index (χ2v) is 3.84. The van der Waals surface area contributed by atoms with Crippen LogP contribution in [-0.2, 0) is 11.3 Å². The summed E-state index contributed by atoms with van der Waals surface area (Å²) in [6.45, 7) is 2.81. The van der Waals surface area contributed by atoms with Gasteiger partial charge in [0.1, 0.15) is 0 Å². The Hall–Kier alpha value is -1.31. The number of nitrogens with zero attached hydrogens (tertiary/aromatic N) is 1. The van der Waals surface area contributed by atoms with Crippen molar-refractivity contribution >= 4 is 5.91 Å². The van der Waals surface area contributed by atoms with Crippen LogP contribution in [0, 0.1) is 0 Å². The molecule has 0 heterocycles. The topological polar surface area (TPSA) is 20.3 Å². The van der Waals surface area contributed by atoms with E-state index in [4.69, 9.17) is 0 Å². The first-order valence-electron chi connectivity index (χ1n) is 5.52. The van der Waals surface area contributed by atoms with Crippen LogP contribution >= 0.6 is 0 Å². The maximum absolute atomic E-state index is 11.6. The molecule has 0 bridgehead atoms. The monoisotopic (exact) mass is 205 g/mol. The Kier molecular flexibility index (Phi) is 4.88. The van der Waals surface area contributed by atoms with Gasteiger partial charge < -0.3 is 4.90 Å². The normalized spacial score (nSPS) is 10.0. The van der Waals surface area contributed by atoms with Crippen LogP contribution in [0.3, 0.4) is 0 Å². The standard InChI is InChI=1S/C13H19NO/c1-3-4-10-13(15)14(2)11-12-8-6-5-7-9-12/h5-9H,3-4,10-11H2,1-2H3. The minimum atomic E-state index is 0.237. The highest BCUT2D eigenvalue weighted by atomic mass is 16.2. The average molecular weight is 205 g/mol. The quantitative estimate of drug-likeness (QED) is 0.723. The lowest BCUT2D eigenvalue weighted by atomic mass is 10.2. The maximum Gasteiger partial charge on any atom is 0.222 e. The summed E-state index contributed by atoms with van der Waals surface area (Å²) in [6, 6.07) is 10.1. The molecule has 0 aromatic heterocycles. The third-order valence-corrected chi connectivity index (χ3v) is 2.43. The van der Waals surface area contributed by atoms with Crippen molar-refractivity contribution in [2.45, 2.75) is 32.7 Å². The zero-order chi connectivity index (χ0) is 11.1. The van der Waals surface area contributed by atoms with E-state index >= 15 is 0 Å². The van der Waals surface area contributed by atoms with Gasteiger partial charge in [-0.2, -0.15) is 0 Å². The Morgan fingerprint density at radius 1 is 1.27 bits per heavy atom. The number of hydrogen-bond acceptors (Lipinski definition) is 1. The Bertz CT molecular complexity index is 295. The van der Waals surface area contributed by atoms with Crippen LogP contribution in [0.25, 0.3) is 0 Å². The van der Waals surface area contributed by atoms with Crippen LogP contribution in [0.1, 0.15) is 31.7 Å². The largest absolute Gasteiger partial charge is 0.341 e. The molecule has 1 rings (SSSR count). The van der Waals surface area contributed by atoms with E-state index in [1.807, 2.05) is 37.4 Å². The van der Waals surface area contributed by atoms with Gasteiger partial charge >= 0.3 is 0 Å². The molecule has 15 heavy (non-hydrogen) atoms. The predicted molar refractivity (Wildman–Crippen MR) is 62.4 cm³/mol. The summed E-state index contributed by atoms with van der Waals surface area (Å²) in [7, 11) is 1.87. The molecular formula is C13H19NO. The lowest BCUT2D eigenvalue weighted by Gasteiger charge is -2.16. The number of hydrogen-bond donors (Lipinski definition) is 0. The molecule has 0 aliphatic heterocycles. The van der Waals surface area contributed by atoms with E-state index in [0.29, 0.717) is 13.0 Å². The van der Waals surface area contributed by atoms with Crippen molar-refractivity contribution in [3.63, 3.8) is 0 Å². The summed E-state index contributed by atoms with van der Waals surface area (Å²) in [4.78, 5) is 13.4. The summed E-state index contributed by atoms with van der Waals surface area (Å²) in [5, 5.41) is 0. The van der Waals surface area contributed by atoms with Crippen molar-refractivity contribution in [1.82, 2.24) is 4.90 Å². The summed E-state index contributed by atoms with van der Waals surface area (Å²) >= 11 is 0. The van der Waals surface area contributed by atoms with Gasteiger partial charge in [0.15, 0.2) is 0 Å². The molecule has 1 amide bonds. The lowest BCUT2D eigenvalue weighted by Crippen LogP contribution is -2.25. The first-order valence-corrected chi connectivity index (χ1v) is 5.52. The maximum atomic E-state index is 11.6. The highest BCUT2D eigenvalue weighted by Crippen LogP contribution is 2.05. The molecule has 0 saturated carbocycles. The highest BCUT2D eigenvalue weighted by molar-refractivity contribution is 5.75. The fourth-order valence-electron chi connectivity index (χ4n) is 1.46. The van der Waals surface area contributed by atoms with E-state index in [9.17, 15) is 4.79 Å². The summed E-state index contributed by atoms with van der Waals surface area (Å²) in [6.07, 6.45) is 2.72. The Balaban J connectivity index is 2.41.